The van der Waals surface area contributed by atoms with Gasteiger partial charge in [0.05, 0.1) is 6.61 Å². The molecule has 1 N–H and O–H groups in total. The van der Waals surface area contributed by atoms with Gasteiger partial charge in [-0.2, -0.15) is 0 Å². The van der Waals surface area contributed by atoms with Gasteiger partial charge in [0.15, 0.2) is 0 Å². The number of hydrogen-bond acceptors (Lipinski definition) is 1. The van der Waals surface area contributed by atoms with E-state index in [9.17, 15) is 0 Å². The average molecular weight is 499 g/mol. The van der Waals surface area contributed by atoms with Gasteiger partial charge in [0.25, 0.3) is 0 Å². The van der Waals surface area contributed by atoms with Crippen LogP contribution < -0.4 is 0 Å². The van der Waals surface area contributed by atoms with Crippen LogP contribution in [0.25, 0.3) is 0 Å². The van der Waals surface area contributed by atoms with Crippen LogP contribution in [0.1, 0.15) is 0 Å². The smallest absolute Gasteiger partial charge is 0.0564 e. The highest BCUT2D eigenvalue weighted by Crippen LogP contribution is 2.05. The van der Waals surface area contributed by atoms with Crippen molar-refractivity contribution in [3.05, 3.63) is 0 Å². The fourth-order valence-corrected chi connectivity index (χ4v) is 1.37. The quantitative estimate of drug-likeness (QED) is 0.587. The maximum absolute atomic E-state index is 8.26. The molecule has 76 valence electrons. The van der Waals surface area contributed by atoms with E-state index in [0.29, 0.717) is 4.83 Å². The van der Waals surface area contributed by atoms with Crippen molar-refractivity contribution < 1.29 is 5.11 Å². The molecular weight excluding hydrogens is 488 g/mol. The summed E-state index contributed by atoms with van der Waals surface area (Å²) < 4.78 is 0. The van der Waals surface area contributed by atoms with Crippen molar-refractivity contribution in [2.45, 2.75) is 9.65 Å². The molecule has 0 spiro atoms. The van der Waals surface area contributed by atoms with E-state index in [-0.39, 0.29) is 11.4 Å². The van der Waals surface area contributed by atoms with E-state index in [1.165, 1.54) is 0 Å². The average Bonchev–Trinajstić information content (AvgIpc) is 2.16. The molecule has 0 aromatic rings. The van der Waals surface area contributed by atoms with E-state index in [1.807, 2.05) is 0 Å². The van der Waals surface area contributed by atoms with Gasteiger partial charge in [0.2, 0.25) is 0 Å². The standard InChI is InChI=1S/C3H5Br3.C3H6Br2O/c4-1-3(6)2-5;4-1-3(5)2-6/h3H,1-2H2;3,6H,1-2H2. The van der Waals surface area contributed by atoms with Gasteiger partial charge in [-0.25, -0.2) is 0 Å². The van der Waals surface area contributed by atoms with Crippen LogP contribution in [0, 0.1) is 0 Å². The molecule has 0 rings (SSSR count). The molecule has 0 aliphatic heterocycles. The summed E-state index contributed by atoms with van der Waals surface area (Å²) in [4.78, 5) is 0.801. The molecule has 12 heavy (non-hydrogen) atoms. The zero-order valence-electron chi connectivity index (χ0n) is 6.32. The zero-order valence-corrected chi connectivity index (χ0v) is 14.3. The summed E-state index contributed by atoms with van der Waals surface area (Å²) in [7, 11) is 0. The lowest BCUT2D eigenvalue weighted by Gasteiger charge is -1.94. The van der Waals surface area contributed by atoms with Crippen molar-refractivity contribution in [2.75, 3.05) is 22.6 Å². The highest BCUT2D eigenvalue weighted by Gasteiger charge is 1.94. The van der Waals surface area contributed by atoms with Crippen LogP contribution in [0.2, 0.25) is 0 Å². The van der Waals surface area contributed by atoms with Crippen LogP contribution >= 0.6 is 79.6 Å². The second-order valence-corrected chi connectivity index (χ2v) is 6.37. The molecule has 0 aromatic heterocycles. The number of halogens is 5. The second kappa shape index (κ2) is 13.4. The first-order valence-corrected chi connectivity index (χ1v) is 8.38. The zero-order chi connectivity index (χ0) is 9.98. The van der Waals surface area contributed by atoms with Crippen LogP contribution in [0.3, 0.4) is 0 Å². The van der Waals surface area contributed by atoms with E-state index in [2.05, 4.69) is 79.6 Å². The number of alkyl halides is 5. The Balaban J connectivity index is 0. The van der Waals surface area contributed by atoms with E-state index >= 15 is 0 Å². The van der Waals surface area contributed by atoms with Crippen LogP contribution in [0.15, 0.2) is 0 Å². The highest BCUT2D eigenvalue weighted by molar-refractivity contribution is 9.13. The Morgan fingerprint density at radius 3 is 1.17 bits per heavy atom. The Labute approximate surface area is 116 Å². The predicted octanol–water partition coefficient (Wildman–Crippen LogP) is 3.68. The summed E-state index contributed by atoms with van der Waals surface area (Å²) in [5, 5.41) is 11.1. The van der Waals surface area contributed by atoms with E-state index in [1.54, 1.807) is 0 Å². The van der Waals surface area contributed by atoms with Crippen molar-refractivity contribution in [3.8, 4) is 0 Å². The molecule has 1 atom stereocenters. The molecule has 0 aliphatic rings. The molecule has 1 unspecified atom stereocenters. The van der Waals surface area contributed by atoms with Gasteiger partial charge in [-0.05, 0) is 0 Å². The third kappa shape index (κ3) is 14.9. The highest BCUT2D eigenvalue weighted by atomic mass is 79.9. The molecule has 6 heteroatoms. The van der Waals surface area contributed by atoms with Gasteiger partial charge in [-0.15, -0.1) is 0 Å². The van der Waals surface area contributed by atoms with Gasteiger partial charge in [0.1, 0.15) is 0 Å². The Morgan fingerprint density at radius 2 is 1.17 bits per heavy atom. The number of hydrogen-bond donors (Lipinski definition) is 1. The lowest BCUT2D eigenvalue weighted by Crippen LogP contribution is -2.03. The number of aliphatic hydroxyl groups excluding tert-OH is 1. The maximum atomic E-state index is 8.26. The number of aliphatic hydroxyl groups is 1. The summed E-state index contributed by atoms with van der Waals surface area (Å²) in [6, 6.07) is 0. The summed E-state index contributed by atoms with van der Waals surface area (Å²) in [5.74, 6) is 0. The monoisotopic (exact) mass is 494 g/mol. The fraction of sp³-hybridized carbons (Fsp3) is 1.00. The normalized spacial score (nSPS) is 12.2. The largest absolute Gasteiger partial charge is 0.395 e. The van der Waals surface area contributed by atoms with Gasteiger partial charge in [-0.3, -0.25) is 0 Å². The van der Waals surface area contributed by atoms with Gasteiger partial charge in [-0.1, -0.05) is 79.6 Å². The molecule has 0 radical (unpaired) electrons. The molecule has 0 aliphatic carbocycles. The summed E-state index contributed by atoms with van der Waals surface area (Å²) in [5.41, 5.74) is 0. The maximum Gasteiger partial charge on any atom is 0.0564 e. The first kappa shape index (κ1) is 16.8. The third-order valence-corrected chi connectivity index (χ3v) is 6.91. The van der Waals surface area contributed by atoms with Crippen molar-refractivity contribution in [1.82, 2.24) is 0 Å². The summed E-state index contributed by atoms with van der Waals surface area (Å²) in [6.07, 6.45) is 0. The molecule has 0 bridgehead atoms. The van der Waals surface area contributed by atoms with Gasteiger partial charge in [0, 0.05) is 25.6 Å². The Bertz CT molecular complexity index is 64.3. The third-order valence-electron chi connectivity index (χ3n) is 0.700. The lowest BCUT2D eigenvalue weighted by molar-refractivity contribution is 0.303. The molecular formula is C6H11Br5O. The van der Waals surface area contributed by atoms with E-state index in [4.69, 9.17) is 5.11 Å². The minimum atomic E-state index is 0.200. The molecule has 0 saturated carbocycles. The number of rotatable bonds is 4. The van der Waals surface area contributed by atoms with E-state index in [0.717, 1.165) is 16.0 Å². The van der Waals surface area contributed by atoms with Crippen molar-refractivity contribution in [3.63, 3.8) is 0 Å². The minimum absolute atomic E-state index is 0.200. The van der Waals surface area contributed by atoms with Crippen molar-refractivity contribution in [2.24, 2.45) is 0 Å². The van der Waals surface area contributed by atoms with Gasteiger partial charge >= 0.3 is 0 Å². The van der Waals surface area contributed by atoms with Gasteiger partial charge < -0.3 is 5.11 Å². The molecule has 1 nitrogen and oxygen atoms in total. The fourth-order valence-electron chi connectivity index (χ4n) is 0.0900. The SMILES string of the molecule is BrCC(Br)CBr.OCC(Br)CBr. The first-order chi connectivity index (χ1) is 5.62. The lowest BCUT2D eigenvalue weighted by atomic mass is 10.5. The van der Waals surface area contributed by atoms with Crippen molar-refractivity contribution >= 4 is 79.6 Å². The molecule has 0 heterocycles. The first-order valence-electron chi connectivity index (χ1n) is 3.19. The summed E-state index contributed by atoms with van der Waals surface area (Å²) >= 11 is 16.3. The van der Waals surface area contributed by atoms with Crippen LogP contribution in [0.4, 0.5) is 0 Å². The molecule has 0 fully saturated rings. The Hall–Kier alpha value is 2.36. The molecule has 0 aromatic carbocycles. The minimum Gasteiger partial charge on any atom is -0.395 e. The Kier molecular flexibility index (Phi) is 18.7. The van der Waals surface area contributed by atoms with E-state index < -0.39 is 0 Å². The van der Waals surface area contributed by atoms with Crippen LogP contribution in [-0.2, 0) is 0 Å². The topological polar surface area (TPSA) is 20.2 Å². The Morgan fingerprint density at radius 1 is 0.833 bits per heavy atom. The predicted molar refractivity (Wildman–Crippen MR) is 73.9 cm³/mol. The summed E-state index contributed by atoms with van der Waals surface area (Å²) in [6.45, 7) is 0.200. The second-order valence-electron chi connectivity index (χ2n) is 1.84. The van der Waals surface area contributed by atoms with Crippen LogP contribution in [-0.4, -0.2) is 37.4 Å². The van der Waals surface area contributed by atoms with Crippen LogP contribution in [0.5, 0.6) is 0 Å². The molecule has 0 amide bonds. The van der Waals surface area contributed by atoms with Crippen molar-refractivity contribution in [1.29, 1.82) is 0 Å². The molecule has 0 saturated heterocycles.